The molecule has 0 amide bonds. The molecular formula is C49H34N2. The van der Waals surface area contributed by atoms with Crippen LogP contribution in [0.15, 0.2) is 170 Å². The van der Waals surface area contributed by atoms with Gasteiger partial charge in [0.2, 0.25) is 0 Å². The summed E-state index contributed by atoms with van der Waals surface area (Å²) in [6.07, 6.45) is 0. The van der Waals surface area contributed by atoms with Gasteiger partial charge in [-0.15, -0.1) is 0 Å². The fraction of sp³-hybridized carbons (Fsp3) is 0.0612. The second-order valence-corrected chi connectivity index (χ2v) is 14.1. The maximum Gasteiger partial charge on any atom is 0.160 e. The van der Waals surface area contributed by atoms with Crippen LogP contribution in [-0.4, -0.2) is 9.97 Å². The molecule has 0 atom stereocenters. The van der Waals surface area contributed by atoms with Gasteiger partial charge >= 0.3 is 0 Å². The number of hydrogen-bond donors (Lipinski definition) is 0. The van der Waals surface area contributed by atoms with E-state index in [-0.39, 0.29) is 5.41 Å². The molecule has 1 aliphatic rings. The Hall–Kier alpha value is -6.38. The van der Waals surface area contributed by atoms with Gasteiger partial charge in [0.15, 0.2) is 5.82 Å². The Labute approximate surface area is 297 Å². The number of rotatable bonds is 4. The van der Waals surface area contributed by atoms with Crippen LogP contribution in [0.1, 0.15) is 25.0 Å². The molecule has 0 aliphatic heterocycles. The predicted molar refractivity (Wildman–Crippen MR) is 214 cm³/mol. The maximum absolute atomic E-state index is 5.44. The van der Waals surface area contributed by atoms with Crippen molar-refractivity contribution < 1.29 is 0 Å². The summed E-state index contributed by atoms with van der Waals surface area (Å²) in [6, 6.07) is 61.1. The van der Waals surface area contributed by atoms with E-state index < -0.39 is 0 Å². The van der Waals surface area contributed by atoms with Crippen LogP contribution in [0.25, 0.3) is 88.5 Å². The van der Waals surface area contributed by atoms with Gasteiger partial charge in [0.05, 0.1) is 11.4 Å². The average Bonchev–Trinajstić information content (AvgIpc) is 3.43. The van der Waals surface area contributed by atoms with Crippen molar-refractivity contribution in [2.45, 2.75) is 19.3 Å². The molecule has 0 bridgehead atoms. The molecule has 0 radical (unpaired) electrons. The van der Waals surface area contributed by atoms with Gasteiger partial charge in [0.25, 0.3) is 0 Å². The van der Waals surface area contributed by atoms with Gasteiger partial charge in [-0.05, 0) is 71.8 Å². The van der Waals surface area contributed by atoms with E-state index in [0.717, 1.165) is 33.9 Å². The molecule has 9 aromatic rings. The Morgan fingerprint density at radius 2 is 1.00 bits per heavy atom. The molecule has 10 rings (SSSR count). The van der Waals surface area contributed by atoms with Gasteiger partial charge in [-0.3, -0.25) is 0 Å². The molecule has 51 heavy (non-hydrogen) atoms. The zero-order valence-electron chi connectivity index (χ0n) is 28.6. The van der Waals surface area contributed by atoms with E-state index in [1.54, 1.807) is 0 Å². The summed E-state index contributed by atoms with van der Waals surface area (Å²) in [6.45, 7) is 4.69. The van der Waals surface area contributed by atoms with Crippen LogP contribution in [0.2, 0.25) is 0 Å². The third kappa shape index (κ3) is 4.50. The van der Waals surface area contributed by atoms with E-state index >= 15 is 0 Å². The van der Waals surface area contributed by atoms with Gasteiger partial charge in [-0.25, -0.2) is 9.97 Å². The first kappa shape index (κ1) is 29.5. The third-order valence-corrected chi connectivity index (χ3v) is 10.8. The lowest BCUT2D eigenvalue weighted by atomic mass is 9.79. The van der Waals surface area contributed by atoms with Crippen LogP contribution in [0.3, 0.4) is 0 Å². The SMILES string of the molecule is CC1(C)c2ccccc2-c2cccc(-c3cc(-c4c5ccccc5c(-c5ccccc5)c5c4ccc4ccccc45)nc(-c4ccccc4)n3)c21. The summed E-state index contributed by atoms with van der Waals surface area (Å²) >= 11 is 0. The van der Waals surface area contributed by atoms with Crippen molar-refractivity contribution in [2.75, 3.05) is 0 Å². The lowest BCUT2D eigenvalue weighted by Crippen LogP contribution is -2.16. The quantitative estimate of drug-likeness (QED) is 0.140. The van der Waals surface area contributed by atoms with Crippen LogP contribution in [0.4, 0.5) is 0 Å². The molecule has 0 fully saturated rings. The topological polar surface area (TPSA) is 25.8 Å². The zero-order chi connectivity index (χ0) is 34.1. The fourth-order valence-electron chi connectivity index (χ4n) is 8.62. The van der Waals surface area contributed by atoms with Crippen molar-refractivity contribution in [1.82, 2.24) is 9.97 Å². The van der Waals surface area contributed by atoms with Gasteiger partial charge in [-0.2, -0.15) is 0 Å². The Bertz CT molecular complexity index is 2810. The van der Waals surface area contributed by atoms with Crippen LogP contribution >= 0.6 is 0 Å². The number of aromatic nitrogens is 2. The van der Waals surface area contributed by atoms with Crippen molar-refractivity contribution in [1.29, 1.82) is 0 Å². The summed E-state index contributed by atoms with van der Waals surface area (Å²) in [5.74, 6) is 0.721. The first-order valence-corrected chi connectivity index (χ1v) is 17.7. The molecule has 2 heteroatoms. The first-order valence-electron chi connectivity index (χ1n) is 17.7. The molecule has 8 aromatic carbocycles. The smallest absolute Gasteiger partial charge is 0.160 e. The van der Waals surface area contributed by atoms with E-state index in [2.05, 4.69) is 178 Å². The number of fused-ring (bicyclic) bond motifs is 7. The molecule has 240 valence electrons. The second kappa shape index (κ2) is 11.3. The van der Waals surface area contributed by atoms with E-state index in [0.29, 0.717) is 0 Å². The van der Waals surface area contributed by atoms with Crippen molar-refractivity contribution in [3.05, 3.63) is 181 Å². The minimum Gasteiger partial charge on any atom is -0.228 e. The van der Waals surface area contributed by atoms with Crippen LogP contribution in [0.5, 0.6) is 0 Å². The largest absolute Gasteiger partial charge is 0.228 e. The van der Waals surface area contributed by atoms with Gasteiger partial charge in [0, 0.05) is 22.1 Å². The predicted octanol–water partition coefficient (Wildman–Crippen LogP) is 12.9. The number of nitrogens with zero attached hydrogens (tertiary/aromatic N) is 2. The minimum atomic E-state index is -0.184. The molecule has 1 aliphatic carbocycles. The molecular weight excluding hydrogens is 617 g/mol. The molecule has 0 saturated heterocycles. The standard InChI is InChI=1S/C49H34N2/c1-49(2)41-27-14-13-22-35(41)38-25-15-26-39(47(38)49)42-30-43(51-48(50-42)33-19-7-4-8-20-33)45-37-24-12-11-23-36(37)44(32-17-5-3-6-18-32)46-34-21-10-9-16-31(34)28-29-40(45)46/h3-30H,1-2H3. The molecule has 2 nitrogen and oxygen atoms in total. The van der Waals surface area contributed by atoms with E-state index in [9.17, 15) is 0 Å². The zero-order valence-corrected chi connectivity index (χ0v) is 28.6. The summed E-state index contributed by atoms with van der Waals surface area (Å²) in [5.41, 5.74) is 12.6. The third-order valence-electron chi connectivity index (χ3n) is 10.8. The van der Waals surface area contributed by atoms with E-state index in [1.165, 1.54) is 65.7 Å². The second-order valence-electron chi connectivity index (χ2n) is 14.1. The number of benzene rings is 8. The van der Waals surface area contributed by atoms with Crippen LogP contribution in [-0.2, 0) is 5.41 Å². The molecule has 0 unspecified atom stereocenters. The number of hydrogen-bond acceptors (Lipinski definition) is 2. The summed E-state index contributed by atoms with van der Waals surface area (Å²) < 4.78 is 0. The monoisotopic (exact) mass is 650 g/mol. The minimum absolute atomic E-state index is 0.184. The molecule has 1 heterocycles. The average molecular weight is 651 g/mol. The van der Waals surface area contributed by atoms with E-state index in [4.69, 9.17) is 9.97 Å². The normalized spacial score (nSPS) is 13.1. The van der Waals surface area contributed by atoms with Crippen LogP contribution in [0, 0.1) is 0 Å². The maximum atomic E-state index is 5.44. The Morgan fingerprint density at radius 3 is 1.78 bits per heavy atom. The van der Waals surface area contributed by atoms with Crippen LogP contribution < -0.4 is 0 Å². The van der Waals surface area contributed by atoms with Gasteiger partial charge in [0.1, 0.15) is 0 Å². The summed E-state index contributed by atoms with van der Waals surface area (Å²) in [7, 11) is 0. The van der Waals surface area contributed by atoms with Gasteiger partial charge < -0.3 is 0 Å². The highest BCUT2D eigenvalue weighted by molar-refractivity contribution is 6.27. The Morgan fingerprint density at radius 1 is 0.412 bits per heavy atom. The molecule has 0 spiro atoms. The van der Waals surface area contributed by atoms with Crippen molar-refractivity contribution >= 4 is 32.3 Å². The van der Waals surface area contributed by atoms with Gasteiger partial charge in [-0.1, -0.05) is 178 Å². The lowest BCUT2D eigenvalue weighted by Gasteiger charge is -2.24. The van der Waals surface area contributed by atoms with Crippen molar-refractivity contribution in [3.63, 3.8) is 0 Å². The molecule has 0 N–H and O–H groups in total. The highest BCUT2D eigenvalue weighted by Gasteiger charge is 2.37. The fourth-order valence-corrected chi connectivity index (χ4v) is 8.62. The summed E-state index contributed by atoms with van der Waals surface area (Å²) in [5, 5.41) is 7.26. The highest BCUT2D eigenvalue weighted by Crippen LogP contribution is 2.52. The Kier molecular flexibility index (Phi) is 6.56. The van der Waals surface area contributed by atoms with E-state index in [1.807, 2.05) is 6.07 Å². The Balaban J connectivity index is 1.34. The molecule has 1 aromatic heterocycles. The van der Waals surface area contributed by atoms with Crippen molar-refractivity contribution in [3.8, 4) is 56.2 Å². The lowest BCUT2D eigenvalue weighted by molar-refractivity contribution is 0.662. The highest BCUT2D eigenvalue weighted by atomic mass is 14.9. The van der Waals surface area contributed by atoms with Crippen molar-refractivity contribution in [2.24, 2.45) is 0 Å². The summed E-state index contributed by atoms with van der Waals surface area (Å²) in [4.78, 5) is 10.8. The molecule has 0 saturated carbocycles. The first-order chi connectivity index (χ1) is 25.1.